The Balaban J connectivity index is 2.00. The van der Waals surface area contributed by atoms with Crippen LogP contribution in [0.15, 0.2) is 35.3 Å². The van der Waals surface area contributed by atoms with Crippen molar-refractivity contribution in [1.29, 1.82) is 0 Å². The predicted octanol–water partition coefficient (Wildman–Crippen LogP) is 1.85. The molecule has 2 aromatic rings. The molecule has 0 aliphatic heterocycles. The molecule has 0 radical (unpaired) electrons. The molecule has 4 nitrogen and oxygen atoms in total. The van der Waals surface area contributed by atoms with E-state index < -0.39 is 0 Å². The third-order valence-corrected chi connectivity index (χ3v) is 3.90. The van der Waals surface area contributed by atoms with Gasteiger partial charge >= 0.3 is 0 Å². The molecule has 3 rings (SSSR count). The summed E-state index contributed by atoms with van der Waals surface area (Å²) < 4.78 is 1.90. The molecule has 1 aromatic carbocycles. The molecule has 2 N–H and O–H groups in total. The molecule has 0 bridgehead atoms. The van der Waals surface area contributed by atoms with Crippen molar-refractivity contribution < 1.29 is 0 Å². The van der Waals surface area contributed by atoms with Crippen molar-refractivity contribution in [3.05, 3.63) is 40.7 Å². The van der Waals surface area contributed by atoms with E-state index in [4.69, 9.17) is 18.0 Å². The first-order chi connectivity index (χ1) is 9.10. The van der Waals surface area contributed by atoms with E-state index in [1.807, 2.05) is 28.9 Å². The van der Waals surface area contributed by atoms with Crippen LogP contribution >= 0.6 is 12.2 Å². The van der Waals surface area contributed by atoms with Gasteiger partial charge in [0.15, 0.2) is 0 Å². The van der Waals surface area contributed by atoms with Crippen LogP contribution < -0.4 is 11.2 Å². The number of para-hydroxylation sites is 1. The van der Waals surface area contributed by atoms with E-state index in [1.165, 1.54) is 6.20 Å². The average Bonchev–Trinajstić information content (AvgIpc) is 3.12. The SMILES string of the molecule is NC(=S)CC1(Cn2ncc(=O)c3ccccc32)CC1. The van der Waals surface area contributed by atoms with Crippen molar-refractivity contribution in [1.82, 2.24) is 9.78 Å². The lowest BCUT2D eigenvalue weighted by Crippen LogP contribution is -2.22. The Morgan fingerprint density at radius 2 is 2.16 bits per heavy atom. The zero-order chi connectivity index (χ0) is 13.5. The molecule has 5 heteroatoms. The number of nitrogens with zero attached hydrogens (tertiary/aromatic N) is 2. The van der Waals surface area contributed by atoms with Gasteiger partial charge in [0, 0.05) is 18.4 Å². The number of thiocarbonyl (C=S) groups is 1. The van der Waals surface area contributed by atoms with Crippen LogP contribution in [0.25, 0.3) is 10.9 Å². The number of fused-ring (bicyclic) bond motifs is 1. The van der Waals surface area contributed by atoms with Gasteiger partial charge in [0.05, 0.1) is 16.7 Å². The highest BCUT2D eigenvalue weighted by Crippen LogP contribution is 2.50. The predicted molar refractivity (Wildman–Crippen MR) is 79.1 cm³/mol. The Morgan fingerprint density at radius 3 is 2.84 bits per heavy atom. The van der Waals surface area contributed by atoms with Gasteiger partial charge in [0.25, 0.3) is 0 Å². The first-order valence-corrected chi connectivity index (χ1v) is 6.74. The lowest BCUT2D eigenvalue weighted by molar-refractivity contribution is 0.416. The van der Waals surface area contributed by atoms with Crippen molar-refractivity contribution in [3.63, 3.8) is 0 Å². The zero-order valence-electron chi connectivity index (χ0n) is 10.5. The average molecular weight is 273 g/mol. The van der Waals surface area contributed by atoms with Gasteiger partial charge in [-0.1, -0.05) is 24.4 Å². The van der Waals surface area contributed by atoms with Crippen LogP contribution in [0.2, 0.25) is 0 Å². The number of nitrogens with two attached hydrogens (primary N) is 1. The Kier molecular flexibility index (Phi) is 2.86. The largest absolute Gasteiger partial charge is 0.393 e. The summed E-state index contributed by atoms with van der Waals surface area (Å²) in [6.07, 6.45) is 4.38. The molecule has 0 spiro atoms. The second-order valence-corrected chi connectivity index (χ2v) is 5.85. The van der Waals surface area contributed by atoms with Crippen LogP contribution in [-0.2, 0) is 6.54 Å². The van der Waals surface area contributed by atoms with Crippen LogP contribution in [0.5, 0.6) is 0 Å². The number of aromatic nitrogens is 2. The topological polar surface area (TPSA) is 60.9 Å². The number of rotatable bonds is 4. The highest BCUT2D eigenvalue weighted by Gasteiger charge is 2.43. The third-order valence-electron chi connectivity index (χ3n) is 3.75. The molecule has 1 aliphatic rings. The lowest BCUT2D eigenvalue weighted by Gasteiger charge is -2.17. The highest BCUT2D eigenvalue weighted by molar-refractivity contribution is 7.80. The summed E-state index contributed by atoms with van der Waals surface area (Å²) in [4.78, 5) is 12.3. The first kappa shape index (κ1) is 12.3. The smallest absolute Gasteiger partial charge is 0.207 e. The van der Waals surface area contributed by atoms with Crippen LogP contribution in [0.3, 0.4) is 0 Å². The molecule has 0 saturated heterocycles. The molecule has 0 amide bonds. The third kappa shape index (κ3) is 2.38. The monoisotopic (exact) mass is 273 g/mol. The van der Waals surface area contributed by atoms with Crippen LogP contribution in [0.1, 0.15) is 19.3 Å². The van der Waals surface area contributed by atoms with Crippen molar-refractivity contribution >= 4 is 28.1 Å². The zero-order valence-corrected chi connectivity index (χ0v) is 11.3. The Hall–Kier alpha value is -1.75. The molecule has 0 atom stereocenters. The summed E-state index contributed by atoms with van der Waals surface area (Å²) in [7, 11) is 0. The van der Waals surface area contributed by atoms with Gasteiger partial charge in [0.1, 0.15) is 0 Å². The quantitative estimate of drug-likeness (QED) is 0.864. The summed E-state index contributed by atoms with van der Waals surface area (Å²) in [6, 6.07) is 7.56. The molecule has 1 fully saturated rings. The van der Waals surface area contributed by atoms with Gasteiger partial charge in [-0.3, -0.25) is 9.48 Å². The molecular formula is C14H15N3OS. The highest BCUT2D eigenvalue weighted by atomic mass is 32.1. The lowest BCUT2D eigenvalue weighted by atomic mass is 10.0. The van der Waals surface area contributed by atoms with Crippen molar-refractivity contribution in [2.24, 2.45) is 11.1 Å². The Labute approximate surface area is 116 Å². The van der Waals surface area contributed by atoms with Crippen LogP contribution in [0.4, 0.5) is 0 Å². The molecule has 0 unspecified atom stereocenters. The maximum Gasteiger partial charge on any atom is 0.207 e. The molecule has 1 saturated carbocycles. The summed E-state index contributed by atoms with van der Waals surface area (Å²) in [5, 5.41) is 4.97. The minimum Gasteiger partial charge on any atom is -0.393 e. The van der Waals surface area contributed by atoms with Crippen LogP contribution in [-0.4, -0.2) is 14.8 Å². The van der Waals surface area contributed by atoms with Crippen molar-refractivity contribution in [2.75, 3.05) is 0 Å². The van der Waals surface area contributed by atoms with Gasteiger partial charge in [0.2, 0.25) is 5.43 Å². The summed E-state index contributed by atoms with van der Waals surface area (Å²) in [5.41, 5.74) is 6.65. The molecule has 1 heterocycles. The maximum absolute atomic E-state index is 11.8. The number of hydrogen-bond acceptors (Lipinski definition) is 3. The molecule has 98 valence electrons. The number of hydrogen-bond donors (Lipinski definition) is 1. The van der Waals surface area contributed by atoms with E-state index in [1.54, 1.807) is 0 Å². The van der Waals surface area contributed by atoms with E-state index in [2.05, 4.69) is 5.10 Å². The minimum atomic E-state index is -0.0361. The second-order valence-electron chi connectivity index (χ2n) is 5.33. The fourth-order valence-electron chi connectivity index (χ4n) is 2.54. The summed E-state index contributed by atoms with van der Waals surface area (Å²) >= 11 is 5.01. The van der Waals surface area contributed by atoms with Crippen molar-refractivity contribution in [3.8, 4) is 0 Å². The van der Waals surface area contributed by atoms with E-state index in [0.717, 1.165) is 31.3 Å². The van der Waals surface area contributed by atoms with E-state index >= 15 is 0 Å². The number of benzene rings is 1. The standard InChI is InChI=1S/C14H15N3OS/c15-13(19)7-14(5-6-14)9-17-11-4-2-1-3-10(11)12(18)8-16-17/h1-4,8H,5-7,9H2,(H2,15,19). The van der Waals surface area contributed by atoms with E-state index in [9.17, 15) is 4.79 Å². The van der Waals surface area contributed by atoms with Gasteiger partial charge in [-0.15, -0.1) is 0 Å². The molecule has 1 aliphatic carbocycles. The fraction of sp³-hybridized carbons (Fsp3) is 0.357. The molecular weight excluding hydrogens is 258 g/mol. The second kappa shape index (κ2) is 4.42. The van der Waals surface area contributed by atoms with Gasteiger partial charge in [-0.2, -0.15) is 5.10 Å². The van der Waals surface area contributed by atoms with Crippen LogP contribution in [0, 0.1) is 5.41 Å². The fourth-order valence-corrected chi connectivity index (χ4v) is 2.85. The Bertz CT molecular complexity index is 703. The molecule has 19 heavy (non-hydrogen) atoms. The van der Waals surface area contributed by atoms with Crippen molar-refractivity contribution in [2.45, 2.75) is 25.8 Å². The summed E-state index contributed by atoms with van der Waals surface area (Å²) in [6.45, 7) is 0.769. The van der Waals surface area contributed by atoms with Gasteiger partial charge in [-0.25, -0.2) is 0 Å². The molecule has 1 aromatic heterocycles. The first-order valence-electron chi connectivity index (χ1n) is 6.33. The minimum absolute atomic E-state index is 0.0361. The van der Waals surface area contributed by atoms with Gasteiger partial charge in [-0.05, 0) is 30.4 Å². The van der Waals surface area contributed by atoms with E-state index in [-0.39, 0.29) is 10.8 Å². The Morgan fingerprint density at radius 1 is 1.42 bits per heavy atom. The summed E-state index contributed by atoms with van der Waals surface area (Å²) in [5.74, 6) is 0. The maximum atomic E-state index is 11.8. The van der Waals surface area contributed by atoms with E-state index in [0.29, 0.717) is 10.4 Å². The normalized spacial score (nSPS) is 16.4. The van der Waals surface area contributed by atoms with Gasteiger partial charge < -0.3 is 5.73 Å².